The van der Waals surface area contributed by atoms with Gasteiger partial charge >= 0.3 is 0 Å². The third-order valence-electron chi connectivity index (χ3n) is 5.94. The van der Waals surface area contributed by atoms with Gasteiger partial charge in [0.05, 0.1) is 0 Å². The van der Waals surface area contributed by atoms with Gasteiger partial charge in [-0.25, -0.2) is 0 Å². The number of rotatable bonds is 4. The second-order valence-corrected chi connectivity index (χ2v) is 8.06. The van der Waals surface area contributed by atoms with Gasteiger partial charge in [0.15, 0.2) is 0 Å². The molecule has 0 aliphatic heterocycles. The summed E-state index contributed by atoms with van der Waals surface area (Å²) in [5.74, 6) is 4.18. The van der Waals surface area contributed by atoms with Crippen LogP contribution in [-0.2, 0) is 13.0 Å². The first kappa shape index (κ1) is 12.4. The highest BCUT2D eigenvalue weighted by molar-refractivity contribution is 7.10. The Morgan fingerprint density at radius 3 is 2.42 bits per heavy atom. The highest BCUT2D eigenvalue weighted by atomic mass is 32.1. The van der Waals surface area contributed by atoms with Gasteiger partial charge in [0.1, 0.15) is 0 Å². The first-order chi connectivity index (χ1) is 9.33. The van der Waals surface area contributed by atoms with Gasteiger partial charge in [0.2, 0.25) is 0 Å². The van der Waals surface area contributed by atoms with Gasteiger partial charge in [-0.1, -0.05) is 6.92 Å². The third-order valence-corrected chi connectivity index (χ3v) is 6.91. The van der Waals surface area contributed by atoms with Crippen LogP contribution in [-0.4, -0.2) is 6.04 Å². The van der Waals surface area contributed by atoms with E-state index in [1.54, 1.807) is 16.9 Å². The maximum absolute atomic E-state index is 3.95. The Labute approximate surface area is 120 Å². The largest absolute Gasteiger partial charge is 0.309 e. The molecular weight excluding hydrogens is 250 g/mol. The summed E-state index contributed by atoms with van der Waals surface area (Å²) in [4.78, 5) is 1.58. The van der Waals surface area contributed by atoms with E-state index >= 15 is 0 Å². The van der Waals surface area contributed by atoms with Crippen LogP contribution in [0.4, 0.5) is 0 Å². The van der Waals surface area contributed by atoms with Crippen LogP contribution >= 0.6 is 11.3 Å². The van der Waals surface area contributed by atoms with E-state index in [1.807, 2.05) is 11.3 Å². The van der Waals surface area contributed by atoms with E-state index < -0.39 is 0 Å². The molecule has 19 heavy (non-hydrogen) atoms. The molecule has 4 bridgehead atoms. The van der Waals surface area contributed by atoms with Crippen LogP contribution in [0.5, 0.6) is 0 Å². The normalized spacial score (nSPS) is 39.9. The molecule has 1 aromatic rings. The molecule has 0 spiro atoms. The maximum Gasteiger partial charge on any atom is 0.0305 e. The summed E-state index contributed by atoms with van der Waals surface area (Å²) in [7, 11) is 0. The summed E-state index contributed by atoms with van der Waals surface area (Å²) < 4.78 is 0. The van der Waals surface area contributed by atoms with E-state index in [0.29, 0.717) is 0 Å². The van der Waals surface area contributed by atoms with E-state index in [1.165, 1.54) is 32.1 Å². The maximum atomic E-state index is 3.95. The summed E-state index contributed by atoms with van der Waals surface area (Å²) >= 11 is 1.94. The average molecular weight is 275 g/mol. The lowest BCUT2D eigenvalue weighted by molar-refractivity contribution is -0.0142. The van der Waals surface area contributed by atoms with Crippen molar-refractivity contribution in [3.63, 3.8) is 0 Å². The van der Waals surface area contributed by atoms with Crippen LogP contribution in [0.1, 0.15) is 49.5 Å². The van der Waals surface area contributed by atoms with Crippen molar-refractivity contribution in [1.82, 2.24) is 5.32 Å². The van der Waals surface area contributed by atoms with Crippen molar-refractivity contribution in [2.24, 2.45) is 23.7 Å². The Balaban J connectivity index is 1.43. The number of aryl methyl sites for hydroxylation is 1. The van der Waals surface area contributed by atoms with Crippen molar-refractivity contribution in [3.8, 4) is 0 Å². The standard InChI is InChI=1S/C17H25NS/c1-2-13-3-4-19-16(13)10-18-17-14-6-11-5-12(8-14)9-15(17)7-11/h3-4,11-12,14-15,17-18H,2,5-10H2,1H3. The SMILES string of the molecule is CCc1ccsc1CNC1C2CC3CC(C2)CC1C3. The Morgan fingerprint density at radius 2 is 1.79 bits per heavy atom. The molecule has 5 rings (SSSR count). The van der Waals surface area contributed by atoms with Gasteiger partial charge in [-0.15, -0.1) is 11.3 Å². The van der Waals surface area contributed by atoms with E-state index in [9.17, 15) is 0 Å². The molecule has 0 saturated heterocycles. The molecule has 2 heteroatoms. The number of nitrogens with one attached hydrogen (secondary N) is 1. The molecule has 4 aliphatic rings. The number of hydrogen-bond donors (Lipinski definition) is 1. The summed E-state index contributed by atoms with van der Waals surface area (Å²) in [5, 5.41) is 6.21. The fourth-order valence-corrected chi connectivity index (χ4v) is 6.23. The minimum absolute atomic E-state index is 0.833. The zero-order chi connectivity index (χ0) is 12.8. The molecule has 4 fully saturated rings. The summed E-state index contributed by atoms with van der Waals surface area (Å²) in [5.41, 5.74) is 1.56. The van der Waals surface area contributed by atoms with Crippen LogP contribution in [0.15, 0.2) is 11.4 Å². The highest BCUT2D eigenvalue weighted by Crippen LogP contribution is 2.53. The quantitative estimate of drug-likeness (QED) is 0.867. The van der Waals surface area contributed by atoms with Crippen molar-refractivity contribution >= 4 is 11.3 Å². The highest BCUT2D eigenvalue weighted by Gasteiger charge is 2.47. The second kappa shape index (κ2) is 4.89. The Bertz CT molecular complexity index is 422. The van der Waals surface area contributed by atoms with Gasteiger partial charge in [0, 0.05) is 17.5 Å². The summed E-state index contributed by atoms with van der Waals surface area (Å²) in [6.45, 7) is 3.39. The Morgan fingerprint density at radius 1 is 1.11 bits per heavy atom. The van der Waals surface area contributed by atoms with Crippen LogP contribution in [0.2, 0.25) is 0 Å². The van der Waals surface area contributed by atoms with Crippen LogP contribution < -0.4 is 5.32 Å². The lowest BCUT2D eigenvalue weighted by Crippen LogP contribution is -2.54. The zero-order valence-corrected chi connectivity index (χ0v) is 12.7. The molecule has 0 aromatic carbocycles. The molecular formula is C17H25NS. The number of thiophene rings is 1. The first-order valence-corrected chi connectivity index (χ1v) is 9.00. The van der Waals surface area contributed by atoms with E-state index in [4.69, 9.17) is 0 Å². The summed E-state index contributed by atoms with van der Waals surface area (Å²) in [6.07, 6.45) is 8.84. The van der Waals surface area contributed by atoms with Crippen molar-refractivity contribution in [1.29, 1.82) is 0 Å². The van der Waals surface area contributed by atoms with Crippen molar-refractivity contribution in [2.75, 3.05) is 0 Å². The lowest BCUT2D eigenvalue weighted by Gasteiger charge is -2.54. The van der Waals surface area contributed by atoms with Gasteiger partial charge in [-0.3, -0.25) is 0 Å². The van der Waals surface area contributed by atoms with Crippen molar-refractivity contribution < 1.29 is 0 Å². The molecule has 104 valence electrons. The first-order valence-electron chi connectivity index (χ1n) is 8.12. The zero-order valence-electron chi connectivity index (χ0n) is 11.9. The molecule has 1 aromatic heterocycles. The fourth-order valence-electron chi connectivity index (χ4n) is 5.31. The van der Waals surface area contributed by atoms with E-state index in [-0.39, 0.29) is 0 Å². The van der Waals surface area contributed by atoms with Crippen LogP contribution in [0, 0.1) is 23.7 Å². The second-order valence-electron chi connectivity index (χ2n) is 7.06. The minimum atomic E-state index is 0.833. The average Bonchev–Trinajstić information content (AvgIpc) is 2.84. The predicted octanol–water partition coefficient (Wildman–Crippen LogP) is 4.22. The van der Waals surface area contributed by atoms with Gasteiger partial charge in [-0.05, 0) is 79.2 Å². The molecule has 0 radical (unpaired) electrons. The van der Waals surface area contributed by atoms with E-state index in [2.05, 4.69) is 23.7 Å². The van der Waals surface area contributed by atoms with E-state index in [0.717, 1.165) is 36.3 Å². The molecule has 1 heterocycles. The molecule has 0 amide bonds. The van der Waals surface area contributed by atoms with Crippen LogP contribution in [0.25, 0.3) is 0 Å². The molecule has 1 N–H and O–H groups in total. The Kier molecular flexibility index (Phi) is 3.19. The molecule has 0 unspecified atom stereocenters. The fraction of sp³-hybridized carbons (Fsp3) is 0.765. The summed E-state index contributed by atoms with van der Waals surface area (Å²) in [6, 6.07) is 3.14. The lowest BCUT2D eigenvalue weighted by atomic mass is 9.54. The Hall–Kier alpha value is -0.340. The molecule has 4 saturated carbocycles. The van der Waals surface area contributed by atoms with Crippen LogP contribution in [0.3, 0.4) is 0 Å². The molecule has 4 aliphatic carbocycles. The predicted molar refractivity (Wildman–Crippen MR) is 81.4 cm³/mol. The molecule has 0 atom stereocenters. The van der Waals surface area contributed by atoms with Gasteiger partial charge < -0.3 is 5.32 Å². The van der Waals surface area contributed by atoms with Crippen molar-refractivity contribution in [3.05, 3.63) is 21.9 Å². The topological polar surface area (TPSA) is 12.0 Å². The van der Waals surface area contributed by atoms with Gasteiger partial charge in [-0.2, -0.15) is 0 Å². The molecule has 1 nitrogen and oxygen atoms in total. The monoisotopic (exact) mass is 275 g/mol. The third kappa shape index (κ3) is 2.17. The van der Waals surface area contributed by atoms with Gasteiger partial charge in [0.25, 0.3) is 0 Å². The number of hydrogen-bond acceptors (Lipinski definition) is 2. The minimum Gasteiger partial charge on any atom is -0.309 e. The smallest absolute Gasteiger partial charge is 0.0305 e. The van der Waals surface area contributed by atoms with Crippen molar-refractivity contribution in [2.45, 2.75) is 58.0 Å².